The summed E-state index contributed by atoms with van der Waals surface area (Å²) < 4.78 is 66.8. The van der Waals surface area contributed by atoms with E-state index in [-0.39, 0.29) is 29.1 Å². The Kier molecular flexibility index (Phi) is 6.04. The number of sulfone groups is 1. The van der Waals surface area contributed by atoms with Crippen LogP contribution < -0.4 is 5.73 Å². The third-order valence-electron chi connectivity index (χ3n) is 6.33. The molecule has 2 atom stereocenters. The standard InChI is InChI=1S/C25H22F3N3O3S/c1-24(14-35(33,34)25(2,23(29)31-24)16-4-6-17(26)7-5-16)19-11-15(3-9-20(19)28)12-22(32)21-10-8-18(27)13-30-21/h3-11,13H,12,14H2,1-2H3,(H2,29,31)/t24-,25+/m0/s1. The summed E-state index contributed by atoms with van der Waals surface area (Å²) in [6.07, 6.45) is 0.758. The monoisotopic (exact) mass is 501 g/mol. The summed E-state index contributed by atoms with van der Waals surface area (Å²) in [5, 5.41) is 0. The number of nitrogens with zero attached hydrogens (tertiary/aromatic N) is 2. The average molecular weight is 502 g/mol. The smallest absolute Gasteiger partial charge is 0.185 e. The third kappa shape index (κ3) is 4.34. The van der Waals surface area contributed by atoms with E-state index >= 15 is 0 Å². The molecule has 0 saturated heterocycles. The molecule has 0 aliphatic carbocycles. The van der Waals surface area contributed by atoms with Gasteiger partial charge in [0, 0.05) is 12.0 Å². The number of rotatable bonds is 5. The van der Waals surface area contributed by atoms with Crippen LogP contribution in [0.4, 0.5) is 13.2 Å². The van der Waals surface area contributed by atoms with E-state index in [9.17, 15) is 26.4 Å². The van der Waals surface area contributed by atoms with Gasteiger partial charge >= 0.3 is 0 Å². The van der Waals surface area contributed by atoms with Crippen LogP contribution >= 0.6 is 0 Å². The Balaban J connectivity index is 1.73. The molecule has 2 aromatic carbocycles. The van der Waals surface area contributed by atoms with Crippen LogP contribution in [0.2, 0.25) is 0 Å². The molecule has 0 fully saturated rings. The molecule has 3 aromatic rings. The maximum Gasteiger partial charge on any atom is 0.185 e. The molecule has 10 heteroatoms. The second kappa shape index (κ2) is 8.60. The minimum atomic E-state index is -4.05. The number of nitrogens with two attached hydrogens (primary N) is 1. The van der Waals surface area contributed by atoms with E-state index in [1.807, 2.05) is 0 Å². The van der Waals surface area contributed by atoms with Crippen molar-refractivity contribution in [1.29, 1.82) is 0 Å². The molecular formula is C25H22F3N3O3S. The van der Waals surface area contributed by atoms with Crippen molar-refractivity contribution < 1.29 is 26.4 Å². The van der Waals surface area contributed by atoms with Gasteiger partial charge in [-0.15, -0.1) is 0 Å². The molecule has 0 bridgehead atoms. The summed E-state index contributed by atoms with van der Waals surface area (Å²) in [4.78, 5) is 20.7. The molecule has 0 unspecified atom stereocenters. The van der Waals surface area contributed by atoms with Gasteiger partial charge in [-0.25, -0.2) is 21.6 Å². The molecule has 0 saturated carbocycles. The van der Waals surface area contributed by atoms with Crippen molar-refractivity contribution in [1.82, 2.24) is 4.98 Å². The van der Waals surface area contributed by atoms with Gasteiger partial charge in [-0.1, -0.05) is 18.2 Å². The van der Waals surface area contributed by atoms with E-state index in [1.54, 1.807) is 0 Å². The average Bonchev–Trinajstić information content (AvgIpc) is 2.79. The van der Waals surface area contributed by atoms with Gasteiger partial charge in [-0.3, -0.25) is 14.8 Å². The number of hydrogen-bond donors (Lipinski definition) is 1. The third-order valence-corrected chi connectivity index (χ3v) is 8.96. The number of hydrogen-bond acceptors (Lipinski definition) is 6. The minimum absolute atomic E-state index is 0.0393. The van der Waals surface area contributed by atoms with Gasteiger partial charge in [0.1, 0.15) is 34.5 Å². The first kappa shape index (κ1) is 24.6. The van der Waals surface area contributed by atoms with Gasteiger partial charge in [0.05, 0.1) is 11.9 Å². The highest BCUT2D eigenvalue weighted by atomic mass is 32.2. The van der Waals surface area contributed by atoms with Crippen molar-refractivity contribution in [3.05, 3.63) is 101 Å². The lowest BCUT2D eigenvalue weighted by Gasteiger charge is -2.40. The number of aromatic nitrogens is 1. The molecule has 0 spiro atoms. The van der Waals surface area contributed by atoms with Crippen LogP contribution in [-0.2, 0) is 26.5 Å². The van der Waals surface area contributed by atoms with Crippen LogP contribution in [0, 0.1) is 17.5 Å². The van der Waals surface area contributed by atoms with Crippen LogP contribution in [-0.4, -0.2) is 30.8 Å². The second-order valence-electron chi connectivity index (χ2n) is 8.85. The highest BCUT2D eigenvalue weighted by Crippen LogP contribution is 2.42. The number of amidine groups is 1. The molecular weight excluding hydrogens is 479 g/mol. The SMILES string of the molecule is C[C@@]1(c2ccc(F)cc2)C(N)=N[C@](C)(c2cc(CC(=O)c3ccc(F)cn3)ccc2F)CS1(=O)=O. The summed E-state index contributed by atoms with van der Waals surface area (Å²) in [6.45, 7) is 2.84. The van der Waals surface area contributed by atoms with Gasteiger partial charge < -0.3 is 5.73 Å². The fourth-order valence-electron chi connectivity index (χ4n) is 4.22. The number of Topliss-reactive ketones (excluding diaryl/α,β-unsaturated/α-hetero) is 1. The molecule has 2 heterocycles. The Bertz CT molecular complexity index is 1440. The summed E-state index contributed by atoms with van der Waals surface area (Å²) >= 11 is 0. The summed E-state index contributed by atoms with van der Waals surface area (Å²) in [7, 11) is -4.05. The fourth-order valence-corrected chi connectivity index (χ4v) is 6.33. The number of carbonyl (C=O) groups is 1. The lowest BCUT2D eigenvalue weighted by molar-refractivity contribution is 0.0988. The largest absolute Gasteiger partial charge is 0.386 e. The predicted molar refractivity (Wildman–Crippen MR) is 125 cm³/mol. The lowest BCUT2D eigenvalue weighted by atomic mass is 9.90. The van der Waals surface area contributed by atoms with Gasteiger partial charge in [0.2, 0.25) is 0 Å². The van der Waals surface area contributed by atoms with Crippen molar-refractivity contribution in [3.63, 3.8) is 0 Å². The van der Waals surface area contributed by atoms with E-state index < -0.39 is 49.1 Å². The second-order valence-corrected chi connectivity index (χ2v) is 11.2. The Hall–Kier alpha value is -3.53. The summed E-state index contributed by atoms with van der Waals surface area (Å²) in [5.74, 6) is -3.07. The van der Waals surface area contributed by atoms with Crippen molar-refractivity contribution in [2.45, 2.75) is 30.6 Å². The van der Waals surface area contributed by atoms with Gasteiger partial charge in [0.15, 0.2) is 20.4 Å². The number of carbonyl (C=O) groups excluding carboxylic acids is 1. The van der Waals surface area contributed by atoms with Crippen LogP contribution in [0.5, 0.6) is 0 Å². The Labute approximate surface area is 200 Å². The molecule has 2 N–H and O–H groups in total. The summed E-state index contributed by atoms with van der Waals surface area (Å²) in [5.41, 5.74) is 5.27. The van der Waals surface area contributed by atoms with Gasteiger partial charge in [0.25, 0.3) is 0 Å². The number of ketones is 1. The normalized spacial score (nSPS) is 23.5. The molecule has 4 rings (SSSR count). The zero-order valence-corrected chi connectivity index (χ0v) is 19.7. The maximum atomic E-state index is 15.0. The Morgan fingerprint density at radius 2 is 1.66 bits per heavy atom. The van der Waals surface area contributed by atoms with E-state index in [0.717, 1.165) is 30.5 Å². The molecule has 6 nitrogen and oxygen atoms in total. The summed E-state index contributed by atoms with van der Waals surface area (Å²) in [6, 6.07) is 11.2. The van der Waals surface area contributed by atoms with Crippen LogP contribution in [0.25, 0.3) is 0 Å². The van der Waals surface area contributed by atoms with E-state index in [2.05, 4.69) is 9.98 Å². The zero-order chi connectivity index (χ0) is 25.6. The first-order chi connectivity index (χ1) is 16.4. The van der Waals surface area contributed by atoms with Gasteiger partial charge in [-0.05, 0) is 61.4 Å². The Morgan fingerprint density at radius 1 is 1.00 bits per heavy atom. The lowest BCUT2D eigenvalue weighted by Crippen LogP contribution is -2.54. The van der Waals surface area contributed by atoms with E-state index in [0.29, 0.717) is 5.56 Å². The zero-order valence-electron chi connectivity index (χ0n) is 18.9. The molecule has 1 aliphatic heterocycles. The molecule has 1 aliphatic rings. The van der Waals surface area contributed by atoms with Crippen molar-refractivity contribution in [3.8, 4) is 0 Å². The van der Waals surface area contributed by atoms with Crippen molar-refractivity contribution in [2.75, 3.05) is 5.75 Å². The highest BCUT2D eigenvalue weighted by Gasteiger charge is 2.53. The van der Waals surface area contributed by atoms with Crippen LogP contribution in [0.1, 0.15) is 41.0 Å². The molecule has 1 aromatic heterocycles. The molecule has 35 heavy (non-hydrogen) atoms. The topological polar surface area (TPSA) is 102 Å². The first-order valence-corrected chi connectivity index (χ1v) is 12.3. The minimum Gasteiger partial charge on any atom is -0.386 e. The Morgan fingerprint density at radius 3 is 2.26 bits per heavy atom. The maximum absolute atomic E-state index is 15.0. The van der Waals surface area contributed by atoms with Crippen molar-refractivity contribution >= 4 is 21.5 Å². The van der Waals surface area contributed by atoms with Crippen LogP contribution in [0.15, 0.2) is 65.8 Å². The van der Waals surface area contributed by atoms with Crippen LogP contribution in [0.3, 0.4) is 0 Å². The number of benzene rings is 2. The quantitative estimate of drug-likeness (QED) is 0.535. The van der Waals surface area contributed by atoms with E-state index in [4.69, 9.17) is 5.73 Å². The highest BCUT2D eigenvalue weighted by molar-refractivity contribution is 7.93. The fraction of sp³-hybridized carbons (Fsp3) is 0.240. The molecule has 0 radical (unpaired) electrons. The van der Waals surface area contributed by atoms with Gasteiger partial charge in [-0.2, -0.15) is 0 Å². The van der Waals surface area contributed by atoms with E-state index in [1.165, 1.54) is 44.2 Å². The number of aliphatic imine (C=N–C) groups is 1. The van der Waals surface area contributed by atoms with Crippen molar-refractivity contribution in [2.24, 2.45) is 10.7 Å². The molecule has 0 amide bonds. The number of pyridine rings is 1. The molecule has 182 valence electrons. The number of halogens is 3. The first-order valence-electron chi connectivity index (χ1n) is 10.6. The predicted octanol–water partition coefficient (Wildman–Crippen LogP) is 3.84.